The van der Waals surface area contributed by atoms with Gasteiger partial charge in [0.15, 0.2) is 6.10 Å². The van der Waals surface area contributed by atoms with Crippen molar-refractivity contribution in [3.8, 4) is 0 Å². The molecule has 1 heterocycles. The van der Waals surface area contributed by atoms with E-state index in [0.29, 0.717) is 24.1 Å². The standard InChI is InChI=1S/C17H22N2O5/c1-17(2,3)19-14(20)10-4-6-11(7-5-10)18-15(21)12-8-9-13(24-12)16(22)23/h4-7,12-13H,8-9H2,1-3H3,(H,18,21)(H,19,20)(H,22,23)/t12-,13+/m0/s1. The van der Waals surface area contributed by atoms with Crippen LogP contribution in [0.3, 0.4) is 0 Å². The summed E-state index contributed by atoms with van der Waals surface area (Å²) in [5, 5.41) is 14.4. The molecule has 1 aromatic rings. The van der Waals surface area contributed by atoms with Crippen molar-refractivity contribution >= 4 is 23.5 Å². The first-order chi connectivity index (χ1) is 11.2. The van der Waals surface area contributed by atoms with Crippen LogP contribution in [0.25, 0.3) is 0 Å². The van der Waals surface area contributed by atoms with E-state index in [1.165, 1.54) is 0 Å². The average Bonchev–Trinajstić information content (AvgIpc) is 2.96. The van der Waals surface area contributed by atoms with Crippen LogP contribution in [0.2, 0.25) is 0 Å². The van der Waals surface area contributed by atoms with E-state index in [-0.39, 0.29) is 17.4 Å². The van der Waals surface area contributed by atoms with Crippen molar-refractivity contribution in [1.29, 1.82) is 0 Å². The number of rotatable bonds is 4. The van der Waals surface area contributed by atoms with Gasteiger partial charge in [-0.1, -0.05) is 0 Å². The van der Waals surface area contributed by atoms with Crippen molar-refractivity contribution in [3.05, 3.63) is 29.8 Å². The predicted octanol–water partition coefficient (Wildman–Crippen LogP) is 1.79. The normalized spacial score (nSPS) is 20.5. The summed E-state index contributed by atoms with van der Waals surface area (Å²) in [5.41, 5.74) is 0.686. The van der Waals surface area contributed by atoms with Crippen molar-refractivity contribution in [2.24, 2.45) is 0 Å². The molecule has 24 heavy (non-hydrogen) atoms. The Kier molecular flexibility index (Phi) is 5.23. The van der Waals surface area contributed by atoms with Crippen LogP contribution in [0.15, 0.2) is 24.3 Å². The molecule has 0 unspecified atom stereocenters. The zero-order chi connectivity index (χ0) is 17.9. The van der Waals surface area contributed by atoms with Gasteiger partial charge in [0.2, 0.25) is 0 Å². The number of aliphatic carboxylic acids is 1. The Hall–Kier alpha value is -2.41. The molecule has 1 saturated heterocycles. The molecule has 3 N–H and O–H groups in total. The van der Waals surface area contributed by atoms with E-state index in [0.717, 1.165) is 0 Å². The predicted molar refractivity (Wildman–Crippen MR) is 87.8 cm³/mol. The summed E-state index contributed by atoms with van der Waals surface area (Å²) in [4.78, 5) is 34.9. The highest BCUT2D eigenvalue weighted by Gasteiger charge is 2.34. The van der Waals surface area contributed by atoms with Crippen LogP contribution in [-0.4, -0.2) is 40.6 Å². The fraction of sp³-hybridized carbons (Fsp3) is 0.471. The molecule has 7 nitrogen and oxygen atoms in total. The fourth-order valence-electron chi connectivity index (χ4n) is 2.35. The van der Waals surface area contributed by atoms with Gasteiger partial charge in [0, 0.05) is 16.8 Å². The number of carboxylic acid groups (broad SMARTS) is 1. The first kappa shape index (κ1) is 17.9. The number of carbonyl (C=O) groups is 3. The quantitative estimate of drug-likeness (QED) is 0.778. The lowest BCUT2D eigenvalue weighted by molar-refractivity contribution is -0.150. The molecule has 0 bridgehead atoms. The third-order valence-electron chi connectivity index (χ3n) is 3.49. The maximum absolute atomic E-state index is 12.1. The smallest absolute Gasteiger partial charge is 0.332 e. The average molecular weight is 334 g/mol. The van der Waals surface area contributed by atoms with Crippen LogP contribution < -0.4 is 10.6 Å². The maximum Gasteiger partial charge on any atom is 0.332 e. The third kappa shape index (κ3) is 4.79. The van der Waals surface area contributed by atoms with E-state index in [9.17, 15) is 14.4 Å². The minimum absolute atomic E-state index is 0.191. The van der Waals surface area contributed by atoms with Crippen LogP contribution in [0.4, 0.5) is 5.69 Å². The Morgan fingerprint density at radius 1 is 1.08 bits per heavy atom. The molecule has 0 saturated carbocycles. The molecule has 2 atom stereocenters. The van der Waals surface area contributed by atoms with Gasteiger partial charge in [-0.25, -0.2) is 4.79 Å². The van der Waals surface area contributed by atoms with Crippen molar-refractivity contribution in [2.75, 3.05) is 5.32 Å². The second-order valence-electron chi connectivity index (χ2n) is 6.80. The summed E-state index contributed by atoms with van der Waals surface area (Å²) in [6, 6.07) is 6.48. The van der Waals surface area contributed by atoms with Gasteiger partial charge in [0.25, 0.3) is 11.8 Å². The van der Waals surface area contributed by atoms with Crippen molar-refractivity contribution in [3.63, 3.8) is 0 Å². The first-order valence-electron chi connectivity index (χ1n) is 7.77. The summed E-state index contributed by atoms with van der Waals surface area (Å²) in [5.74, 6) is -1.63. The highest BCUT2D eigenvalue weighted by atomic mass is 16.5. The molecule has 2 rings (SSSR count). The van der Waals surface area contributed by atoms with Gasteiger partial charge in [-0.2, -0.15) is 0 Å². The topological polar surface area (TPSA) is 105 Å². The van der Waals surface area contributed by atoms with Gasteiger partial charge in [0.1, 0.15) is 6.10 Å². The SMILES string of the molecule is CC(C)(C)NC(=O)c1ccc(NC(=O)[C@@H]2CC[C@H](C(=O)O)O2)cc1. The zero-order valence-corrected chi connectivity index (χ0v) is 14.0. The monoisotopic (exact) mass is 334 g/mol. The lowest BCUT2D eigenvalue weighted by Crippen LogP contribution is -2.40. The minimum atomic E-state index is -1.06. The van der Waals surface area contributed by atoms with Gasteiger partial charge >= 0.3 is 5.97 Å². The lowest BCUT2D eigenvalue weighted by atomic mass is 10.1. The molecule has 7 heteroatoms. The fourth-order valence-corrected chi connectivity index (χ4v) is 2.35. The third-order valence-corrected chi connectivity index (χ3v) is 3.49. The summed E-state index contributed by atoms with van der Waals surface area (Å²) in [7, 11) is 0. The van der Waals surface area contributed by atoms with Gasteiger partial charge in [-0.15, -0.1) is 0 Å². The molecule has 1 aliphatic heterocycles. The minimum Gasteiger partial charge on any atom is -0.479 e. The number of benzene rings is 1. The van der Waals surface area contributed by atoms with Crippen molar-refractivity contribution in [1.82, 2.24) is 5.32 Å². The van der Waals surface area contributed by atoms with Gasteiger partial charge < -0.3 is 20.5 Å². The molecular formula is C17H22N2O5. The summed E-state index contributed by atoms with van der Waals surface area (Å²) < 4.78 is 5.20. The molecular weight excluding hydrogens is 312 g/mol. The van der Waals surface area contributed by atoms with E-state index in [1.54, 1.807) is 24.3 Å². The van der Waals surface area contributed by atoms with Crippen molar-refractivity contribution in [2.45, 2.75) is 51.4 Å². The number of hydrogen-bond donors (Lipinski definition) is 3. The summed E-state index contributed by atoms with van der Waals surface area (Å²) >= 11 is 0. The Morgan fingerprint density at radius 2 is 1.67 bits per heavy atom. The molecule has 130 valence electrons. The number of carboxylic acids is 1. The number of hydrogen-bond acceptors (Lipinski definition) is 4. The van der Waals surface area contributed by atoms with Crippen LogP contribution in [-0.2, 0) is 14.3 Å². The Bertz CT molecular complexity index is 633. The molecule has 0 radical (unpaired) electrons. The molecule has 1 aliphatic rings. The van der Waals surface area contributed by atoms with Gasteiger partial charge in [-0.3, -0.25) is 9.59 Å². The number of nitrogens with one attached hydrogen (secondary N) is 2. The van der Waals surface area contributed by atoms with Crippen molar-refractivity contribution < 1.29 is 24.2 Å². The molecule has 0 aromatic heterocycles. The molecule has 1 aromatic carbocycles. The van der Waals surface area contributed by atoms with Crippen LogP contribution in [0.5, 0.6) is 0 Å². The highest BCUT2D eigenvalue weighted by molar-refractivity contribution is 5.97. The number of ether oxygens (including phenoxy) is 1. The van der Waals surface area contributed by atoms with Crippen LogP contribution in [0.1, 0.15) is 44.0 Å². The Balaban J connectivity index is 1.93. The largest absolute Gasteiger partial charge is 0.479 e. The second kappa shape index (κ2) is 7.00. The highest BCUT2D eigenvalue weighted by Crippen LogP contribution is 2.21. The maximum atomic E-state index is 12.1. The van der Waals surface area contributed by atoms with Crippen LogP contribution >= 0.6 is 0 Å². The van der Waals surface area contributed by atoms with Gasteiger partial charge in [-0.05, 0) is 57.9 Å². The van der Waals surface area contributed by atoms with E-state index in [2.05, 4.69) is 10.6 Å². The molecule has 1 fully saturated rings. The first-order valence-corrected chi connectivity index (χ1v) is 7.77. The van der Waals surface area contributed by atoms with Gasteiger partial charge in [0.05, 0.1) is 0 Å². The van der Waals surface area contributed by atoms with E-state index in [4.69, 9.17) is 9.84 Å². The number of carbonyl (C=O) groups excluding carboxylic acids is 2. The Labute approximate surface area is 140 Å². The van der Waals surface area contributed by atoms with E-state index in [1.807, 2.05) is 20.8 Å². The van der Waals surface area contributed by atoms with Crippen LogP contribution in [0, 0.1) is 0 Å². The summed E-state index contributed by atoms with van der Waals surface area (Å²) in [6.07, 6.45) is -1.01. The molecule has 0 spiro atoms. The number of anilines is 1. The lowest BCUT2D eigenvalue weighted by Gasteiger charge is -2.20. The molecule has 0 aliphatic carbocycles. The second-order valence-corrected chi connectivity index (χ2v) is 6.80. The summed E-state index contributed by atoms with van der Waals surface area (Å²) in [6.45, 7) is 5.68. The Morgan fingerprint density at radius 3 is 2.17 bits per heavy atom. The van der Waals surface area contributed by atoms with E-state index < -0.39 is 18.2 Å². The number of amides is 2. The zero-order valence-electron chi connectivity index (χ0n) is 14.0. The van der Waals surface area contributed by atoms with E-state index >= 15 is 0 Å². The molecule has 2 amide bonds.